The molecule has 1 aromatic carbocycles. The molecule has 0 radical (unpaired) electrons. The first-order valence-corrected chi connectivity index (χ1v) is 11.5. The summed E-state index contributed by atoms with van der Waals surface area (Å²) >= 11 is 5.77. The third kappa shape index (κ3) is 3.29. The van der Waals surface area contributed by atoms with Crippen molar-refractivity contribution >= 4 is 39.6 Å². The number of rotatable bonds is 3. The Morgan fingerprint density at radius 3 is 2.61 bits per heavy atom. The third-order valence-electron chi connectivity index (χ3n) is 6.02. The third-order valence-corrected chi connectivity index (χ3v) is 9.04. The van der Waals surface area contributed by atoms with Gasteiger partial charge in [-0.05, 0) is 56.5 Å². The molecular formula is C20H21ClF2N4O3S. The lowest BCUT2D eigenvalue weighted by molar-refractivity contribution is 0.102. The largest absolute Gasteiger partial charge is 0.386 e. The SMILES string of the molecule is C[C@]1(c2cc(NC(=O)c3ccc(Cl)cn3)ccc2F)N=C(N)C2(CCC2)S(O)(O)[C@@H]1F. The number of anilines is 1. The van der Waals surface area contributed by atoms with Gasteiger partial charge in [0.15, 0.2) is 0 Å². The van der Waals surface area contributed by atoms with Crippen LogP contribution in [0.15, 0.2) is 41.5 Å². The quantitative estimate of drug-likeness (QED) is 0.519. The molecule has 5 N–H and O–H groups in total. The summed E-state index contributed by atoms with van der Waals surface area (Å²) in [5.41, 5.74) is 1.78. The Hall–Kier alpha value is -2.27. The Labute approximate surface area is 184 Å². The second kappa shape index (κ2) is 7.40. The highest BCUT2D eigenvalue weighted by Gasteiger charge is 2.63. The van der Waals surface area contributed by atoms with Crippen LogP contribution in [0.1, 0.15) is 42.2 Å². The van der Waals surface area contributed by atoms with Crippen LogP contribution in [-0.4, -0.2) is 36.1 Å². The number of nitrogens with two attached hydrogens (primary N) is 1. The number of pyridine rings is 1. The molecule has 4 rings (SSSR count). The van der Waals surface area contributed by atoms with Gasteiger partial charge in [-0.1, -0.05) is 11.6 Å². The van der Waals surface area contributed by atoms with Crippen LogP contribution in [0, 0.1) is 5.82 Å². The number of nitrogens with one attached hydrogen (secondary N) is 1. The van der Waals surface area contributed by atoms with E-state index in [4.69, 9.17) is 17.3 Å². The van der Waals surface area contributed by atoms with Gasteiger partial charge in [0.25, 0.3) is 5.91 Å². The number of aromatic nitrogens is 1. The van der Waals surface area contributed by atoms with E-state index >= 15 is 4.39 Å². The second-order valence-corrected chi connectivity index (χ2v) is 10.7. The minimum Gasteiger partial charge on any atom is -0.386 e. The van der Waals surface area contributed by atoms with E-state index in [1.54, 1.807) is 0 Å². The molecule has 11 heteroatoms. The Kier molecular flexibility index (Phi) is 5.24. The van der Waals surface area contributed by atoms with Crippen LogP contribution in [0.25, 0.3) is 0 Å². The van der Waals surface area contributed by atoms with Crippen molar-refractivity contribution in [1.82, 2.24) is 4.98 Å². The smallest absolute Gasteiger partial charge is 0.274 e. The molecule has 2 aromatic rings. The molecule has 2 aliphatic rings. The zero-order valence-electron chi connectivity index (χ0n) is 16.5. The van der Waals surface area contributed by atoms with E-state index in [9.17, 15) is 18.3 Å². The summed E-state index contributed by atoms with van der Waals surface area (Å²) < 4.78 is 50.5. The zero-order chi connectivity index (χ0) is 22.6. The fourth-order valence-corrected chi connectivity index (χ4v) is 6.58. The van der Waals surface area contributed by atoms with Gasteiger partial charge in [0.1, 0.15) is 27.6 Å². The monoisotopic (exact) mass is 470 g/mol. The van der Waals surface area contributed by atoms with Crippen LogP contribution in [0.5, 0.6) is 0 Å². The lowest BCUT2D eigenvalue weighted by atomic mass is 9.82. The molecule has 1 aromatic heterocycles. The summed E-state index contributed by atoms with van der Waals surface area (Å²) in [5, 5.41) is 2.92. The lowest BCUT2D eigenvalue weighted by Crippen LogP contribution is -2.61. The Balaban J connectivity index is 1.71. The Morgan fingerprint density at radius 2 is 2.03 bits per heavy atom. The highest BCUT2D eigenvalue weighted by molar-refractivity contribution is 8.26. The summed E-state index contributed by atoms with van der Waals surface area (Å²) in [7, 11) is -3.87. The molecule has 1 amide bonds. The van der Waals surface area contributed by atoms with Crippen LogP contribution in [-0.2, 0) is 5.54 Å². The van der Waals surface area contributed by atoms with Crippen LogP contribution in [0.4, 0.5) is 14.5 Å². The molecule has 1 fully saturated rings. The average molecular weight is 471 g/mol. The first kappa shape index (κ1) is 21.9. The summed E-state index contributed by atoms with van der Waals surface area (Å²) in [4.78, 5) is 20.6. The number of halogens is 3. The summed E-state index contributed by atoms with van der Waals surface area (Å²) in [6, 6.07) is 6.46. The maximum Gasteiger partial charge on any atom is 0.274 e. The molecule has 0 saturated heterocycles. The maximum absolute atomic E-state index is 15.6. The van der Waals surface area contributed by atoms with Gasteiger partial charge in [0, 0.05) is 17.4 Å². The van der Waals surface area contributed by atoms with Crippen LogP contribution >= 0.6 is 22.2 Å². The predicted molar refractivity (Wildman–Crippen MR) is 117 cm³/mol. The number of nitrogens with zero attached hydrogens (tertiary/aromatic N) is 2. The van der Waals surface area contributed by atoms with Gasteiger partial charge in [-0.25, -0.2) is 13.8 Å². The number of alkyl halides is 1. The normalized spacial score (nSPS) is 27.2. The zero-order valence-corrected chi connectivity index (χ0v) is 18.1. The molecule has 2 heterocycles. The van der Waals surface area contributed by atoms with Crippen molar-refractivity contribution in [2.75, 3.05) is 5.32 Å². The number of amidine groups is 1. The predicted octanol–water partition coefficient (Wildman–Crippen LogP) is 4.68. The number of hydrogen-bond donors (Lipinski definition) is 4. The molecule has 166 valence electrons. The molecule has 1 saturated carbocycles. The summed E-state index contributed by atoms with van der Waals surface area (Å²) in [6.07, 6.45) is 2.60. The molecule has 1 aliphatic carbocycles. The van der Waals surface area contributed by atoms with E-state index in [-0.39, 0.29) is 22.8 Å². The number of hydrogen-bond acceptors (Lipinski definition) is 6. The maximum atomic E-state index is 15.6. The van der Waals surface area contributed by atoms with E-state index in [0.29, 0.717) is 24.3 Å². The second-order valence-electron chi connectivity index (χ2n) is 7.91. The van der Waals surface area contributed by atoms with Gasteiger partial charge in [0.2, 0.25) is 5.50 Å². The van der Waals surface area contributed by atoms with Gasteiger partial charge >= 0.3 is 0 Å². The van der Waals surface area contributed by atoms with Gasteiger partial charge in [-0.3, -0.25) is 18.9 Å². The van der Waals surface area contributed by atoms with Crippen LogP contribution in [0.3, 0.4) is 0 Å². The molecule has 7 nitrogen and oxygen atoms in total. The molecule has 1 aliphatic heterocycles. The van der Waals surface area contributed by atoms with E-state index in [1.165, 1.54) is 37.4 Å². The van der Waals surface area contributed by atoms with Crippen molar-refractivity contribution < 1.29 is 22.7 Å². The molecule has 1 spiro atoms. The summed E-state index contributed by atoms with van der Waals surface area (Å²) in [5.74, 6) is -1.49. The van der Waals surface area contributed by atoms with Gasteiger partial charge in [-0.15, -0.1) is 10.6 Å². The fourth-order valence-electron chi connectivity index (χ4n) is 4.01. The van der Waals surface area contributed by atoms with Crippen molar-refractivity contribution in [3.8, 4) is 0 Å². The highest BCUT2D eigenvalue weighted by atomic mass is 35.5. The van der Waals surface area contributed by atoms with E-state index < -0.39 is 38.1 Å². The number of aliphatic imine (C=N–C) groups is 1. The Morgan fingerprint density at radius 1 is 1.32 bits per heavy atom. The van der Waals surface area contributed by atoms with Gasteiger partial charge < -0.3 is 11.1 Å². The molecular weight excluding hydrogens is 450 g/mol. The van der Waals surface area contributed by atoms with E-state index in [0.717, 1.165) is 6.07 Å². The molecule has 31 heavy (non-hydrogen) atoms. The van der Waals surface area contributed by atoms with Gasteiger partial charge in [0.05, 0.1) is 5.02 Å². The van der Waals surface area contributed by atoms with Crippen molar-refractivity contribution in [2.24, 2.45) is 10.7 Å². The van der Waals surface area contributed by atoms with Crippen molar-refractivity contribution in [2.45, 2.75) is 42.0 Å². The first-order chi connectivity index (χ1) is 14.5. The Bertz CT molecular complexity index is 1080. The number of carbonyl (C=O) groups is 1. The van der Waals surface area contributed by atoms with Crippen LogP contribution < -0.4 is 11.1 Å². The van der Waals surface area contributed by atoms with E-state index in [1.807, 2.05) is 0 Å². The van der Waals surface area contributed by atoms with Gasteiger partial charge in [-0.2, -0.15) is 0 Å². The van der Waals surface area contributed by atoms with Crippen molar-refractivity contribution in [1.29, 1.82) is 0 Å². The van der Waals surface area contributed by atoms with Crippen molar-refractivity contribution in [3.63, 3.8) is 0 Å². The molecule has 0 bridgehead atoms. The first-order valence-electron chi connectivity index (χ1n) is 9.51. The lowest BCUT2D eigenvalue weighted by Gasteiger charge is -2.61. The summed E-state index contributed by atoms with van der Waals surface area (Å²) in [6.45, 7) is 1.26. The van der Waals surface area contributed by atoms with E-state index in [2.05, 4.69) is 15.3 Å². The minimum atomic E-state index is -3.87. The van der Waals surface area contributed by atoms with Crippen LogP contribution in [0.2, 0.25) is 5.02 Å². The standard InChI is InChI=1S/C20H21ClF2N4O3S/c1-19(17(23)31(29,30)20(7-2-8-20)18(24)27-19)13-9-12(4-5-14(13)22)26-16(28)15-6-3-11(21)10-25-15/h3-6,9-10,17,29-30H,2,7-8H2,1H3,(H2,24,27)(H,26,28)/t17-,19+/m0/s1. The molecule has 2 atom stereocenters. The fraction of sp³-hybridized carbons (Fsp3) is 0.350. The number of amides is 1. The molecule has 0 unspecified atom stereocenters. The average Bonchev–Trinajstić information content (AvgIpc) is 2.67. The highest BCUT2D eigenvalue weighted by Crippen LogP contribution is 2.70. The number of carbonyl (C=O) groups excluding carboxylic acids is 1. The minimum absolute atomic E-state index is 0.0749. The van der Waals surface area contributed by atoms with Crippen molar-refractivity contribution in [3.05, 3.63) is 58.6 Å². The topological polar surface area (TPSA) is 121 Å². The number of benzene rings is 1.